The van der Waals surface area contributed by atoms with Crippen molar-refractivity contribution in [3.8, 4) is 6.07 Å². The van der Waals surface area contributed by atoms with Crippen molar-refractivity contribution in [2.45, 2.75) is 19.4 Å². The van der Waals surface area contributed by atoms with Gasteiger partial charge in [-0.3, -0.25) is 0 Å². The van der Waals surface area contributed by atoms with Gasteiger partial charge in [-0.05, 0) is 12.0 Å². The van der Waals surface area contributed by atoms with E-state index >= 15 is 0 Å². The molecule has 1 unspecified atom stereocenters. The Kier molecular flexibility index (Phi) is 5.68. The molecular formula is C10H13NO. The Hall–Kier alpha value is -1.33. The van der Waals surface area contributed by atoms with Crippen molar-refractivity contribution in [3.63, 3.8) is 0 Å². The lowest BCUT2D eigenvalue weighted by Gasteiger charge is -2.01. The number of hydrogen-bond acceptors (Lipinski definition) is 2. The molecule has 0 heterocycles. The highest BCUT2D eigenvalue weighted by Crippen LogP contribution is 2.05. The van der Waals surface area contributed by atoms with Crippen LogP contribution in [0.5, 0.6) is 0 Å². The monoisotopic (exact) mass is 163 g/mol. The van der Waals surface area contributed by atoms with Gasteiger partial charge in [0.15, 0.2) is 6.10 Å². The van der Waals surface area contributed by atoms with Crippen LogP contribution < -0.4 is 0 Å². The molecule has 0 rings (SSSR count). The van der Waals surface area contributed by atoms with Crippen molar-refractivity contribution in [2.75, 3.05) is 0 Å². The van der Waals surface area contributed by atoms with Gasteiger partial charge in [0.1, 0.15) is 0 Å². The highest BCUT2D eigenvalue weighted by atomic mass is 16.3. The van der Waals surface area contributed by atoms with Crippen LogP contribution in [0.3, 0.4) is 0 Å². The minimum atomic E-state index is -1.03. The summed E-state index contributed by atoms with van der Waals surface area (Å²) < 4.78 is 0. The van der Waals surface area contributed by atoms with Crippen molar-refractivity contribution in [1.82, 2.24) is 0 Å². The first-order chi connectivity index (χ1) is 5.76. The molecule has 0 aromatic heterocycles. The Morgan fingerprint density at radius 2 is 2.42 bits per heavy atom. The maximum Gasteiger partial charge on any atom is 0.165 e. The normalized spacial score (nSPS) is 14.2. The summed E-state index contributed by atoms with van der Waals surface area (Å²) in [4.78, 5) is 0. The molecule has 0 saturated heterocycles. The molecule has 0 aromatic rings. The van der Waals surface area contributed by atoms with Gasteiger partial charge >= 0.3 is 0 Å². The van der Waals surface area contributed by atoms with Crippen LogP contribution in [-0.4, -0.2) is 11.2 Å². The van der Waals surface area contributed by atoms with E-state index in [1.165, 1.54) is 0 Å². The molecule has 0 spiro atoms. The average molecular weight is 163 g/mol. The first-order valence-corrected chi connectivity index (χ1v) is 3.83. The van der Waals surface area contributed by atoms with Crippen LogP contribution in [0.4, 0.5) is 0 Å². The zero-order valence-electron chi connectivity index (χ0n) is 7.20. The molecule has 0 fully saturated rings. The summed E-state index contributed by atoms with van der Waals surface area (Å²) in [5, 5.41) is 17.6. The predicted octanol–water partition coefficient (Wildman–Crippen LogP) is 1.95. The van der Waals surface area contributed by atoms with Gasteiger partial charge in [0.25, 0.3) is 0 Å². The molecule has 0 aliphatic heterocycles. The smallest absolute Gasteiger partial charge is 0.165 e. The number of aliphatic hydroxyl groups excluding tert-OH is 1. The number of rotatable bonds is 4. The summed E-state index contributed by atoms with van der Waals surface area (Å²) in [5.74, 6) is 0. The number of aliphatic hydroxyl groups is 1. The number of allylic oxidation sites excluding steroid dienone is 3. The molecule has 0 bridgehead atoms. The molecular weight excluding hydrogens is 150 g/mol. The molecule has 0 saturated carbocycles. The molecule has 0 radical (unpaired) electrons. The van der Waals surface area contributed by atoms with E-state index in [2.05, 4.69) is 6.58 Å². The molecule has 1 N–H and O–H groups in total. The third kappa shape index (κ3) is 3.75. The van der Waals surface area contributed by atoms with Gasteiger partial charge in [0.05, 0.1) is 6.07 Å². The topological polar surface area (TPSA) is 44.0 Å². The molecule has 12 heavy (non-hydrogen) atoms. The summed E-state index contributed by atoms with van der Waals surface area (Å²) >= 11 is 0. The summed E-state index contributed by atoms with van der Waals surface area (Å²) in [5.41, 5.74) is 0.625. The average Bonchev–Trinajstić information content (AvgIpc) is 2.11. The van der Waals surface area contributed by atoms with E-state index in [-0.39, 0.29) is 0 Å². The Morgan fingerprint density at radius 3 is 2.83 bits per heavy atom. The van der Waals surface area contributed by atoms with Gasteiger partial charge in [-0.2, -0.15) is 5.26 Å². The van der Waals surface area contributed by atoms with Gasteiger partial charge in [0, 0.05) is 0 Å². The highest BCUT2D eigenvalue weighted by molar-refractivity contribution is 5.29. The van der Waals surface area contributed by atoms with Crippen molar-refractivity contribution in [2.24, 2.45) is 0 Å². The standard InChI is InChI=1S/C10H13NO/c1-3-5-7-9(6-4-2)10(12)8-11/h3,5-7,10,12H,1,4H2,2H3/b7-5-,9-6+. The quantitative estimate of drug-likeness (QED) is 0.508. The third-order valence-corrected chi connectivity index (χ3v) is 1.30. The second-order valence-corrected chi connectivity index (χ2v) is 2.24. The Labute approximate surface area is 73.1 Å². The van der Waals surface area contributed by atoms with Crippen LogP contribution in [0.2, 0.25) is 0 Å². The Bertz CT molecular complexity index is 233. The van der Waals surface area contributed by atoms with Crippen LogP contribution >= 0.6 is 0 Å². The van der Waals surface area contributed by atoms with Gasteiger partial charge in [-0.15, -0.1) is 0 Å². The van der Waals surface area contributed by atoms with Gasteiger partial charge in [-0.1, -0.05) is 37.8 Å². The summed E-state index contributed by atoms with van der Waals surface area (Å²) in [6.45, 7) is 5.45. The zero-order chi connectivity index (χ0) is 9.40. The minimum Gasteiger partial charge on any atom is -0.374 e. The van der Waals surface area contributed by atoms with E-state index in [1.807, 2.05) is 13.0 Å². The number of nitrogens with zero attached hydrogens (tertiary/aromatic N) is 1. The third-order valence-electron chi connectivity index (χ3n) is 1.30. The minimum absolute atomic E-state index is 0.625. The summed E-state index contributed by atoms with van der Waals surface area (Å²) in [7, 11) is 0. The Balaban J connectivity index is 4.46. The SMILES string of the molecule is C=C/C=C\C(=C/CC)C(O)C#N. The zero-order valence-corrected chi connectivity index (χ0v) is 7.20. The van der Waals surface area contributed by atoms with Crippen LogP contribution in [0, 0.1) is 11.3 Å². The molecule has 2 heteroatoms. The van der Waals surface area contributed by atoms with Gasteiger partial charge in [0.2, 0.25) is 0 Å². The lowest BCUT2D eigenvalue weighted by Crippen LogP contribution is -2.04. The number of nitriles is 1. The molecule has 0 amide bonds. The number of hydrogen-bond donors (Lipinski definition) is 1. The van der Waals surface area contributed by atoms with E-state index in [1.54, 1.807) is 24.3 Å². The van der Waals surface area contributed by atoms with Crippen LogP contribution in [0.1, 0.15) is 13.3 Å². The molecule has 2 nitrogen and oxygen atoms in total. The van der Waals surface area contributed by atoms with E-state index in [0.717, 1.165) is 6.42 Å². The van der Waals surface area contributed by atoms with Crippen molar-refractivity contribution in [3.05, 3.63) is 36.5 Å². The van der Waals surface area contributed by atoms with Crippen LogP contribution in [0.15, 0.2) is 36.5 Å². The second-order valence-electron chi connectivity index (χ2n) is 2.24. The lowest BCUT2D eigenvalue weighted by atomic mass is 10.1. The second kappa shape index (κ2) is 6.38. The fourth-order valence-electron chi connectivity index (χ4n) is 0.760. The Morgan fingerprint density at radius 1 is 1.75 bits per heavy atom. The lowest BCUT2D eigenvalue weighted by molar-refractivity contribution is 0.269. The first kappa shape index (κ1) is 10.7. The van der Waals surface area contributed by atoms with Crippen LogP contribution in [-0.2, 0) is 0 Å². The van der Waals surface area contributed by atoms with Gasteiger partial charge in [-0.25, -0.2) is 0 Å². The van der Waals surface area contributed by atoms with E-state index in [0.29, 0.717) is 5.57 Å². The summed E-state index contributed by atoms with van der Waals surface area (Å²) in [6, 6.07) is 1.76. The van der Waals surface area contributed by atoms with Crippen molar-refractivity contribution in [1.29, 1.82) is 5.26 Å². The van der Waals surface area contributed by atoms with E-state index < -0.39 is 6.10 Å². The van der Waals surface area contributed by atoms with Crippen molar-refractivity contribution < 1.29 is 5.11 Å². The molecule has 0 aliphatic rings. The molecule has 1 atom stereocenters. The summed E-state index contributed by atoms with van der Waals surface area (Å²) in [6.07, 6.45) is 6.57. The molecule has 0 aromatic carbocycles. The van der Waals surface area contributed by atoms with E-state index in [4.69, 9.17) is 10.4 Å². The maximum atomic E-state index is 9.16. The maximum absolute atomic E-state index is 9.16. The molecule has 0 aliphatic carbocycles. The van der Waals surface area contributed by atoms with Crippen LogP contribution in [0.25, 0.3) is 0 Å². The van der Waals surface area contributed by atoms with E-state index in [9.17, 15) is 0 Å². The van der Waals surface area contributed by atoms with Gasteiger partial charge < -0.3 is 5.11 Å². The van der Waals surface area contributed by atoms with Crippen molar-refractivity contribution >= 4 is 0 Å². The predicted molar refractivity (Wildman–Crippen MR) is 49.3 cm³/mol. The fraction of sp³-hybridized carbons (Fsp3) is 0.300. The largest absolute Gasteiger partial charge is 0.374 e. The highest BCUT2D eigenvalue weighted by Gasteiger charge is 2.03. The first-order valence-electron chi connectivity index (χ1n) is 3.83. The molecule has 64 valence electrons. The fourth-order valence-corrected chi connectivity index (χ4v) is 0.760.